The number of hydrogen-bond acceptors (Lipinski definition) is 1. The molecule has 0 radical (unpaired) electrons. The molecule has 0 heterocycles. The molecule has 0 aliphatic rings. The summed E-state index contributed by atoms with van der Waals surface area (Å²) >= 11 is 0. The summed E-state index contributed by atoms with van der Waals surface area (Å²) in [7, 11) is 0. The maximum atomic E-state index is 5.77. The molecule has 0 saturated heterocycles. The molecule has 0 fully saturated rings. The number of hydrogen-bond donors (Lipinski definition) is 1. The molecule has 0 atom stereocenters. The van der Waals surface area contributed by atoms with Gasteiger partial charge in [0.25, 0.3) is 0 Å². The molecule has 1 aromatic rings. The van der Waals surface area contributed by atoms with Gasteiger partial charge in [0.1, 0.15) is 0 Å². The number of aryl methyl sites for hydroxylation is 1. The van der Waals surface area contributed by atoms with Crippen LogP contribution in [0.1, 0.15) is 32.3 Å². The molecule has 0 amide bonds. The third-order valence-corrected chi connectivity index (χ3v) is 2.77. The van der Waals surface area contributed by atoms with Crippen molar-refractivity contribution in [3.05, 3.63) is 65.8 Å². The van der Waals surface area contributed by atoms with Gasteiger partial charge in [-0.3, -0.25) is 0 Å². The maximum absolute atomic E-state index is 5.77. The lowest BCUT2D eigenvalue weighted by Crippen LogP contribution is -1.90. The molecule has 18 heavy (non-hydrogen) atoms. The van der Waals surface area contributed by atoms with Crippen LogP contribution in [0.4, 0.5) is 5.69 Å². The van der Waals surface area contributed by atoms with Gasteiger partial charge in [-0.05, 0) is 56.4 Å². The van der Waals surface area contributed by atoms with E-state index in [1.807, 2.05) is 19.1 Å². The van der Waals surface area contributed by atoms with E-state index < -0.39 is 0 Å². The lowest BCUT2D eigenvalue weighted by Gasteiger charge is -2.04. The minimum atomic E-state index is 0.852. The smallest absolute Gasteiger partial charge is 0.0316 e. The molecule has 0 unspecified atom stereocenters. The fraction of sp³-hybridized carbons (Fsp3) is 0.294. The largest absolute Gasteiger partial charge is 0.399 e. The number of allylic oxidation sites excluding steroid dienone is 6. The van der Waals surface area contributed by atoms with E-state index in [0.717, 1.165) is 24.9 Å². The van der Waals surface area contributed by atoms with E-state index in [9.17, 15) is 0 Å². The Morgan fingerprint density at radius 1 is 1.22 bits per heavy atom. The summed E-state index contributed by atoms with van der Waals surface area (Å²) in [6.07, 6.45) is 13.9. The molecule has 0 aromatic heterocycles. The van der Waals surface area contributed by atoms with Crippen molar-refractivity contribution < 1.29 is 0 Å². The Morgan fingerprint density at radius 3 is 2.72 bits per heavy atom. The number of nitrogen functional groups attached to an aromatic ring is 1. The van der Waals surface area contributed by atoms with Crippen LogP contribution in [0.2, 0.25) is 0 Å². The van der Waals surface area contributed by atoms with Crippen molar-refractivity contribution in [2.45, 2.75) is 33.1 Å². The minimum Gasteiger partial charge on any atom is -0.399 e. The second-order valence-electron chi connectivity index (χ2n) is 4.37. The molecule has 0 aliphatic heterocycles. The highest BCUT2D eigenvalue weighted by molar-refractivity contribution is 5.40. The van der Waals surface area contributed by atoms with E-state index in [1.54, 1.807) is 0 Å². The van der Waals surface area contributed by atoms with Gasteiger partial charge in [-0.15, -0.1) is 0 Å². The monoisotopic (exact) mass is 241 g/mol. The number of anilines is 1. The van der Waals surface area contributed by atoms with Crippen molar-refractivity contribution in [3.8, 4) is 0 Å². The summed E-state index contributed by atoms with van der Waals surface area (Å²) < 4.78 is 0. The summed E-state index contributed by atoms with van der Waals surface area (Å²) in [5, 5.41) is 0. The standard InChI is InChI=1S/C17H23N/c1-3-5-9-15(8-4-2)10-6-11-16-12-7-13-17(18)14-16/h3-5,7-9,12-14H,6,10-11,18H2,1-2H3/b5-3-,8-4-,15-9+. The Hall–Kier alpha value is -1.76. The topological polar surface area (TPSA) is 26.0 Å². The first-order valence-corrected chi connectivity index (χ1v) is 6.55. The van der Waals surface area contributed by atoms with Gasteiger partial charge in [0.05, 0.1) is 0 Å². The van der Waals surface area contributed by atoms with Gasteiger partial charge in [-0.1, -0.05) is 42.5 Å². The van der Waals surface area contributed by atoms with Crippen molar-refractivity contribution in [1.82, 2.24) is 0 Å². The van der Waals surface area contributed by atoms with Crippen LogP contribution in [0, 0.1) is 0 Å². The molecule has 0 spiro atoms. The van der Waals surface area contributed by atoms with E-state index in [2.05, 4.69) is 49.4 Å². The van der Waals surface area contributed by atoms with Crippen molar-refractivity contribution in [3.63, 3.8) is 0 Å². The molecule has 0 aliphatic carbocycles. The average Bonchev–Trinajstić information content (AvgIpc) is 2.36. The lowest BCUT2D eigenvalue weighted by atomic mass is 10.0. The first kappa shape index (κ1) is 14.3. The molecule has 1 aromatic carbocycles. The summed E-state index contributed by atoms with van der Waals surface area (Å²) in [5.41, 5.74) is 9.32. The molecule has 96 valence electrons. The molecule has 1 nitrogen and oxygen atoms in total. The van der Waals surface area contributed by atoms with Crippen LogP contribution in [-0.2, 0) is 6.42 Å². The first-order valence-electron chi connectivity index (χ1n) is 6.55. The summed E-state index contributed by atoms with van der Waals surface area (Å²) in [5.74, 6) is 0. The zero-order valence-electron chi connectivity index (χ0n) is 11.4. The predicted molar refractivity (Wildman–Crippen MR) is 81.5 cm³/mol. The van der Waals surface area contributed by atoms with E-state index >= 15 is 0 Å². The predicted octanol–water partition coefficient (Wildman–Crippen LogP) is 4.67. The molecular weight excluding hydrogens is 218 g/mol. The van der Waals surface area contributed by atoms with Crippen LogP contribution in [0.3, 0.4) is 0 Å². The molecule has 2 N–H and O–H groups in total. The average molecular weight is 241 g/mol. The quantitative estimate of drug-likeness (QED) is 0.568. The first-order chi connectivity index (χ1) is 8.76. The van der Waals surface area contributed by atoms with Gasteiger partial charge in [-0.2, -0.15) is 0 Å². The molecule has 0 bridgehead atoms. The SMILES string of the molecule is C\C=C/C=C(\C=C/C)CCCc1cccc(N)c1. The summed E-state index contributed by atoms with van der Waals surface area (Å²) in [6.45, 7) is 4.10. The van der Waals surface area contributed by atoms with Crippen LogP contribution < -0.4 is 5.73 Å². The lowest BCUT2D eigenvalue weighted by molar-refractivity contribution is 0.824. The van der Waals surface area contributed by atoms with Crippen molar-refractivity contribution in [2.75, 3.05) is 5.73 Å². The van der Waals surface area contributed by atoms with Gasteiger partial charge >= 0.3 is 0 Å². The zero-order chi connectivity index (χ0) is 13.2. The highest BCUT2D eigenvalue weighted by Gasteiger charge is 1.96. The summed E-state index contributed by atoms with van der Waals surface area (Å²) in [4.78, 5) is 0. The zero-order valence-corrected chi connectivity index (χ0v) is 11.4. The van der Waals surface area contributed by atoms with E-state index in [4.69, 9.17) is 5.73 Å². The van der Waals surface area contributed by atoms with Gasteiger partial charge in [0, 0.05) is 5.69 Å². The van der Waals surface area contributed by atoms with E-state index in [1.165, 1.54) is 11.1 Å². The fourth-order valence-electron chi connectivity index (χ4n) is 1.90. The highest BCUT2D eigenvalue weighted by Crippen LogP contribution is 2.13. The van der Waals surface area contributed by atoms with Gasteiger partial charge < -0.3 is 5.73 Å². The maximum Gasteiger partial charge on any atom is 0.0316 e. The van der Waals surface area contributed by atoms with Crippen molar-refractivity contribution in [2.24, 2.45) is 0 Å². The Labute approximate surface area is 111 Å². The van der Waals surface area contributed by atoms with Crippen LogP contribution >= 0.6 is 0 Å². The highest BCUT2D eigenvalue weighted by atomic mass is 14.5. The second-order valence-corrected chi connectivity index (χ2v) is 4.37. The second kappa shape index (κ2) is 8.35. The molecule has 1 heteroatoms. The van der Waals surface area contributed by atoms with Gasteiger partial charge in [-0.25, -0.2) is 0 Å². The third kappa shape index (κ3) is 5.53. The van der Waals surface area contributed by atoms with Crippen LogP contribution in [-0.4, -0.2) is 0 Å². The fourth-order valence-corrected chi connectivity index (χ4v) is 1.90. The van der Waals surface area contributed by atoms with Crippen molar-refractivity contribution in [1.29, 1.82) is 0 Å². The van der Waals surface area contributed by atoms with Crippen LogP contribution in [0.25, 0.3) is 0 Å². The molecule has 1 rings (SSSR count). The molecule has 0 saturated carbocycles. The summed E-state index contributed by atoms with van der Waals surface area (Å²) in [6, 6.07) is 8.15. The Morgan fingerprint density at radius 2 is 2.06 bits per heavy atom. The normalized spacial score (nSPS) is 12.7. The van der Waals surface area contributed by atoms with E-state index in [0.29, 0.717) is 0 Å². The van der Waals surface area contributed by atoms with Gasteiger partial charge in [0.15, 0.2) is 0 Å². The van der Waals surface area contributed by atoms with Crippen molar-refractivity contribution >= 4 is 5.69 Å². The number of benzene rings is 1. The number of nitrogens with two attached hydrogens (primary N) is 1. The minimum absolute atomic E-state index is 0.852. The van der Waals surface area contributed by atoms with Crippen LogP contribution in [0.5, 0.6) is 0 Å². The Bertz CT molecular complexity index is 439. The van der Waals surface area contributed by atoms with Crippen LogP contribution in [0.15, 0.2) is 60.2 Å². The van der Waals surface area contributed by atoms with Gasteiger partial charge in [0.2, 0.25) is 0 Å². The number of rotatable bonds is 6. The Balaban J connectivity index is 2.48. The van der Waals surface area contributed by atoms with E-state index in [-0.39, 0.29) is 0 Å². The third-order valence-electron chi connectivity index (χ3n) is 2.77. The Kier molecular flexibility index (Phi) is 6.63. The molecular formula is C17H23N.